The fourth-order valence-corrected chi connectivity index (χ4v) is 2.81. The summed E-state index contributed by atoms with van der Waals surface area (Å²) in [5.41, 5.74) is 9.51. The van der Waals surface area contributed by atoms with Crippen LogP contribution >= 0.6 is 11.8 Å². The van der Waals surface area contributed by atoms with E-state index in [-0.39, 0.29) is 11.9 Å². The third-order valence-electron chi connectivity index (χ3n) is 3.18. The average Bonchev–Trinajstić information content (AvgIpc) is 2.40. The Kier molecular flexibility index (Phi) is 4.61. The van der Waals surface area contributed by atoms with E-state index >= 15 is 0 Å². The van der Waals surface area contributed by atoms with Crippen LogP contribution < -0.4 is 5.73 Å². The molecular formula is C16H18FNS. The summed E-state index contributed by atoms with van der Waals surface area (Å²) in [5.74, 6) is 0.510. The molecule has 0 heterocycles. The molecule has 0 aliphatic carbocycles. The second-order valence-electron chi connectivity index (χ2n) is 4.72. The molecule has 0 aromatic heterocycles. The number of hydrogen-bond acceptors (Lipinski definition) is 2. The zero-order chi connectivity index (χ0) is 13.8. The third kappa shape index (κ3) is 3.82. The van der Waals surface area contributed by atoms with Gasteiger partial charge in [-0.15, -0.1) is 11.8 Å². The predicted molar refractivity (Wildman–Crippen MR) is 80.0 cm³/mol. The van der Waals surface area contributed by atoms with Gasteiger partial charge in [-0.3, -0.25) is 0 Å². The lowest BCUT2D eigenvalue weighted by Gasteiger charge is -2.12. The molecule has 1 atom stereocenters. The minimum Gasteiger partial charge on any atom is -0.323 e. The molecule has 0 saturated heterocycles. The first kappa shape index (κ1) is 14.1. The van der Waals surface area contributed by atoms with Gasteiger partial charge in [0.15, 0.2) is 0 Å². The summed E-state index contributed by atoms with van der Waals surface area (Å²) in [6.45, 7) is 4.20. The van der Waals surface area contributed by atoms with Crippen LogP contribution in [0.1, 0.15) is 22.7 Å². The Hall–Kier alpha value is -1.32. The summed E-state index contributed by atoms with van der Waals surface area (Å²) in [7, 11) is 0. The standard InChI is InChI=1S/C16H18FNS/c1-11-6-7-15(8-12(11)2)19-10-16(18)13-4-3-5-14(17)9-13/h3-9,16H,10,18H2,1-2H3. The van der Waals surface area contributed by atoms with Crippen molar-refractivity contribution in [2.45, 2.75) is 24.8 Å². The molecule has 0 fully saturated rings. The molecule has 2 rings (SSSR count). The van der Waals surface area contributed by atoms with E-state index < -0.39 is 0 Å². The highest BCUT2D eigenvalue weighted by Crippen LogP contribution is 2.25. The zero-order valence-electron chi connectivity index (χ0n) is 11.2. The molecule has 0 amide bonds. The molecule has 3 heteroatoms. The molecule has 1 nitrogen and oxygen atoms in total. The molecule has 0 aliphatic rings. The molecule has 0 aliphatic heterocycles. The monoisotopic (exact) mass is 275 g/mol. The van der Waals surface area contributed by atoms with Crippen LogP contribution in [0, 0.1) is 19.7 Å². The van der Waals surface area contributed by atoms with Crippen molar-refractivity contribution in [1.82, 2.24) is 0 Å². The van der Waals surface area contributed by atoms with Gasteiger partial charge in [-0.25, -0.2) is 4.39 Å². The summed E-state index contributed by atoms with van der Waals surface area (Å²) in [5, 5.41) is 0. The van der Waals surface area contributed by atoms with Gasteiger partial charge in [-0.1, -0.05) is 18.2 Å². The van der Waals surface area contributed by atoms with Gasteiger partial charge in [0, 0.05) is 16.7 Å². The van der Waals surface area contributed by atoms with Gasteiger partial charge in [0.2, 0.25) is 0 Å². The normalized spacial score (nSPS) is 12.4. The van der Waals surface area contributed by atoms with Gasteiger partial charge >= 0.3 is 0 Å². The minimum absolute atomic E-state index is 0.151. The van der Waals surface area contributed by atoms with Crippen LogP contribution in [-0.4, -0.2) is 5.75 Å². The summed E-state index contributed by atoms with van der Waals surface area (Å²) < 4.78 is 13.1. The van der Waals surface area contributed by atoms with Gasteiger partial charge in [0.05, 0.1) is 0 Å². The Morgan fingerprint density at radius 3 is 2.58 bits per heavy atom. The molecule has 19 heavy (non-hydrogen) atoms. The first-order valence-corrected chi connectivity index (χ1v) is 7.26. The third-order valence-corrected chi connectivity index (χ3v) is 4.30. The number of nitrogens with two attached hydrogens (primary N) is 1. The van der Waals surface area contributed by atoms with E-state index in [1.54, 1.807) is 17.8 Å². The average molecular weight is 275 g/mol. The Morgan fingerprint density at radius 1 is 1.11 bits per heavy atom. The molecular weight excluding hydrogens is 257 g/mol. The fraction of sp³-hybridized carbons (Fsp3) is 0.250. The number of rotatable bonds is 4. The first-order valence-electron chi connectivity index (χ1n) is 6.27. The summed E-state index contributed by atoms with van der Waals surface area (Å²) in [4.78, 5) is 1.20. The van der Waals surface area contributed by atoms with Crippen LogP contribution in [0.3, 0.4) is 0 Å². The minimum atomic E-state index is -0.232. The quantitative estimate of drug-likeness (QED) is 0.845. The van der Waals surface area contributed by atoms with Gasteiger partial charge in [-0.2, -0.15) is 0 Å². The van der Waals surface area contributed by atoms with Gasteiger partial charge in [0.1, 0.15) is 5.82 Å². The molecule has 0 saturated carbocycles. The molecule has 2 aromatic carbocycles. The van der Waals surface area contributed by atoms with Crippen molar-refractivity contribution in [3.05, 3.63) is 65.0 Å². The van der Waals surface area contributed by atoms with Gasteiger partial charge in [0.25, 0.3) is 0 Å². The van der Waals surface area contributed by atoms with E-state index in [2.05, 4.69) is 32.0 Å². The van der Waals surface area contributed by atoms with Crippen LogP contribution in [0.4, 0.5) is 4.39 Å². The van der Waals surface area contributed by atoms with Crippen LogP contribution in [-0.2, 0) is 0 Å². The highest BCUT2D eigenvalue weighted by Gasteiger charge is 2.08. The van der Waals surface area contributed by atoms with E-state index in [1.807, 2.05) is 6.07 Å². The van der Waals surface area contributed by atoms with Crippen molar-refractivity contribution >= 4 is 11.8 Å². The number of aryl methyl sites for hydroxylation is 2. The number of halogens is 1. The van der Waals surface area contributed by atoms with Crippen molar-refractivity contribution in [3.63, 3.8) is 0 Å². The Morgan fingerprint density at radius 2 is 1.89 bits per heavy atom. The van der Waals surface area contributed by atoms with Crippen LogP contribution in [0.15, 0.2) is 47.4 Å². The molecule has 2 N–H and O–H groups in total. The summed E-state index contributed by atoms with van der Waals surface area (Å²) in [6.07, 6.45) is 0. The van der Waals surface area contributed by atoms with Crippen LogP contribution in [0.25, 0.3) is 0 Å². The summed E-state index contributed by atoms with van der Waals surface area (Å²) in [6, 6.07) is 12.7. The van der Waals surface area contributed by atoms with Crippen molar-refractivity contribution in [1.29, 1.82) is 0 Å². The lowest BCUT2D eigenvalue weighted by molar-refractivity contribution is 0.622. The second kappa shape index (κ2) is 6.22. The molecule has 1 unspecified atom stereocenters. The van der Waals surface area contributed by atoms with Gasteiger partial charge < -0.3 is 5.73 Å². The van der Waals surface area contributed by atoms with E-state index in [4.69, 9.17) is 5.73 Å². The van der Waals surface area contributed by atoms with E-state index in [0.29, 0.717) is 0 Å². The molecule has 100 valence electrons. The van der Waals surface area contributed by atoms with Crippen LogP contribution in [0.5, 0.6) is 0 Å². The highest BCUT2D eigenvalue weighted by atomic mass is 32.2. The van der Waals surface area contributed by atoms with Crippen molar-refractivity contribution in [2.24, 2.45) is 5.73 Å². The Labute approximate surface area is 118 Å². The molecule has 0 spiro atoms. The van der Waals surface area contributed by atoms with Crippen molar-refractivity contribution < 1.29 is 4.39 Å². The second-order valence-corrected chi connectivity index (χ2v) is 5.81. The number of thioether (sulfide) groups is 1. The SMILES string of the molecule is Cc1ccc(SCC(N)c2cccc(F)c2)cc1C. The van der Waals surface area contributed by atoms with Crippen molar-refractivity contribution in [2.75, 3.05) is 5.75 Å². The topological polar surface area (TPSA) is 26.0 Å². The highest BCUT2D eigenvalue weighted by molar-refractivity contribution is 7.99. The maximum atomic E-state index is 13.1. The number of benzene rings is 2. The first-order chi connectivity index (χ1) is 9.06. The maximum Gasteiger partial charge on any atom is 0.123 e. The molecule has 2 aromatic rings. The molecule has 0 radical (unpaired) electrons. The lowest BCUT2D eigenvalue weighted by Crippen LogP contribution is -2.13. The molecule has 0 bridgehead atoms. The number of hydrogen-bond donors (Lipinski definition) is 1. The lowest BCUT2D eigenvalue weighted by atomic mass is 10.1. The van der Waals surface area contributed by atoms with Gasteiger partial charge in [-0.05, 0) is 54.8 Å². The van der Waals surface area contributed by atoms with Crippen molar-refractivity contribution in [3.8, 4) is 0 Å². The smallest absolute Gasteiger partial charge is 0.123 e. The Balaban J connectivity index is 2.00. The van der Waals surface area contributed by atoms with E-state index in [1.165, 1.54) is 28.2 Å². The largest absolute Gasteiger partial charge is 0.323 e. The van der Waals surface area contributed by atoms with Crippen LogP contribution in [0.2, 0.25) is 0 Å². The summed E-state index contributed by atoms with van der Waals surface area (Å²) >= 11 is 1.70. The maximum absolute atomic E-state index is 13.1. The van der Waals surface area contributed by atoms with E-state index in [9.17, 15) is 4.39 Å². The zero-order valence-corrected chi connectivity index (χ0v) is 12.0. The fourth-order valence-electron chi connectivity index (χ4n) is 1.82. The van der Waals surface area contributed by atoms with E-state index in [0.717, 1.165) is 11.3 Å². The Bertz CT molecular complexity index is 568. The predicted octanol–water partition coefficient (Wildman–Crippen LogP) is 4.23.